The van der Waals surface area contributed by atoms with Crippen molar-refractivity contribution in [2.24, 2.45) is 0 Å². The number of carbonyl (C=O) groups is 1. The molecule has 1 aromatic rings. The van der Waals surface area contributed by atoms with E-state index in [9.17, 15) is 18.0 Å². The molecule has 3 rings (SSSR count). The third-order valence-corrected chi connectivity index (χ3v) is 3.93. The van der Waals surface area contributed by atoms with Crippen molar-refractivity contribution < 1.29 is 18.0 Å². The molecule has 3 unspecified atom stereocenters. The molecule has 96 valence electrons. The predicted octanol–water partition coefficient (Wildman–Crippen LogP) is 3.04. The van der Waals surface area contributed by atoms with Gasteiger partial charge >= 0.3 is 0 Å². The van der Waals surface area contributed by atoms with Gasteiger partial charge in [-0.25, -0.2) is 13.2 Å². The van der Waals surface area contributed by atoms with Gasteiger partial charge in [-0.1, -0.05) is 0 Å². The zero-order chi connectivity index (χ0) is 13.0. The summed E-state index contributed by atoms with van der Waals surface area (Å²) in [6, 6.07) is 0.988. The first-order chi connectivity index (χ1) is 8.50. The fraction of sp³-hybridized carbons (Fsp3) is 0.462. The average molecular weight is 255 g/mol. The van der Waals surface area contributed by atoms with Gasteiger partial charge in [-0.15, -0.1) is 0 Å². The van der Waals surface area contributed by atoms with Gasteiger partial charge in [0.25, 0.3) is 0 Å². The summed E-state index contributed by atoms with van der Waals surface area (Å²) in [5, 5.41) is 0. The average Bonchev–Trinajstić information content (AvgIpc) is 2.71. The maximum absolute atomic E-state index is 14.3. The lowest BCUT2D eigenvalue weighted by atomic mass is 9.88. The van der Waals surface area contributed by atoms with Gasteiger partial charge in [0.05, 0.1) is 12.1 Å². The molecule has 1 saturated heterocycles. The number of benzene rings is 1. The minimum absolute atomic E-state index is 0.120. The molecule has 1 aromatic carbocycles. The van der Waals surface area contributed by atoms with E-state index in [-0.39, 0.29) is 11.5 Å². The molecule has 0 aromatic heterocycles. The van der Waals surface area contributed by atoms with Crippen LogP contribution in [0.5, 0.6) is 0 Å². The fourth-order valence-corrected chi connectivity index (χ4v) is 3.05. The van der Waals surface area contributed by atoms with Gasteiger partial charge < -0.3 is 4.90 Å². The van der Waals surface area contributed by atoms with Crippen molar-refractivity contribution >= 4 is 5.91 Å². The van der Waals surface area contributed by atoms with Crippen molar-refractivity contribution in [3.05, 3.63) is 34.9 Å². The number of carbonyl (C=O) groups excluding carboxylic acids is 1. The molecular weight excluding hydrogens is 243 g/mol. The molecule has 5 heteroatoms. The number of amides is 1. The van der Waals surface area contributed by atoms with E-state index < -0.39 is 29.9 Å². The summed E-state index contributed by atoms with van der Waals surface area (Å²) in [4.78, 5) is 13.2. The molecule has 2 aliphatic heterocycles. The third-order valence-electron chi connectivity index (χ3n) is 3.93. The molecule has 0 aliphatic carbocycles. The standard InChI is InChI=1S/C13H12F3NO/c1-6-7-4-9(14)10(15)5-8(7)13(16)11-2-3-12(18)17(6)11/h4-6,11,13H,2-3H2,1H3. The molecule has 0 bridgehead atoms. The number of alkyl halides is 1. The van der Waals surface area contributed by atoms with Crippen LogP contribution in [-0.4, -0.2) is 16.8 Å². The Morgan fingerprint density at radius 1 is 1.22 bits per heavy atom. The van der Waals surface area contributed by atoms with E-state index in [2.05, 4.69) is 0 Å². The van der Waals surface area contributed by atoms with E-state index >= 15 is 0 Å². The van der Waals surface area contributed by atoms with Crippen molar-refractivity contribution in [3.8, 4) is 0 Å². The minimum Gasteiger partial charge on any atom is -0.330 e. The number of hydrogen-bond acceptors (Lipinski definition) is 1. The van der Waals surface area contributed by atoms with Gasteiger partial charge in [0, 0.05) is 6.42 Å². The van der Waals surface area contributed by atoms with Crippen LogP contribution >= 0.6 is 0 Å². The lowest BCUT2D eigenvalue weighted by molar-refractivity contribution is -0.132. The first-order valence-electron chi connectivity index (χ1n) is 5.94. The second-order valence-electron chi connectivity index (χ2n) is 4.88. The lowest BCUT2D eigenvalue weighted by Crippen LogP contribution is -2.42. The highest BCUT2D eigenvalue weighted by atomic mass is 19.2. The van der Waals surface area contributed by atoms with Crippen LogP contribution in [0.15, 0.2) is 12.1 Å². The quantitative estimate of drug-likeness (QED) is 0.697. The largest absolute Gasteiger partial charge is 0.330 e. The van der Waals surface area contributed by atoms with Gasteiger partial charge in [-0.2, -0.15) is 0 Å². The zero-order valence-electron chi connectivity index (χ0n) is 9.79. The van der Waals surface area contributed by atoms with Crippen LogP contribution < -0.4 is 0 Å². The highest BCUT2D eigenvalue weighted by Crippen LogP contribution is 2.46. The van der Waals surface area contributed by atoms with Crippen molar-refractivity contribution in [2.45, 2.75) is 38.0 Å². The van der Waals surface area contributed by atoms with E-state index in [4.69, 9.17) is 0 Å². The molecule has 2 aliphatic rings. The van der Waals surface area contributed by atoms with Gasteiger partial charge in [0.1, 0.15) is 6.17 Å². The maximum Gasteiger partial charge on any atom is 0.223 e. The smallest absolute Gasteiger partial charge is 0.223 e. The number of fused-ring (bicyclic) bond motifs is 2. The Hall–Kier alpha value is -1.52. The van der Waals surface area contributed by atoms with Crippen molar-refractivity contribution in [2.75, 3.05) is 0 Å². The molecule has 1 fully saturated rings. The van der Waals surface area contributed by atoms with Crippen LogP contribution in [0, 0.1) is 11.6 Å². The molecular formula is C13H12F3NO. The van der Waals surface area contributed by atoms with E-state index in [0.717, 1.165) is 12.1 Å². The molecule has 0 N–H and O–H groups in total. The summed E-state index contributed by atoms with van der Waals surface area (Å²) in [6.07, 6.45) is -0.699. The summed E-state index contributed by atoms with van der Waals surface area (Å²) in [5.74, 6) is -2.16. The predicted molar refractivity (Wildman–Crippen MR) is 58.5 cm³/mol. The second-order valence-corrected chi connectivity index (χ2v) is 4.88. The van der Waals surface area contributed by atoms with E-state index in [0.29, 0.717) is 18.4 Å². The SMILES string of the molecule is CC1c2cc(F)c(F)cc2C(F)C2CCC(=O)N12. The number of hydrogen-bond donors (Lipinski definition) is 0. The number of nitrogens with zero attached hydrogens (tertiary/aromatic N) is 1. The minimum atomic E-state index is -1.43. The Morgan fingerprint density at radius 3 is 2.50 bits per heavy atom. The normalized spacial score (nSPS) is 30.3. The van der Waals surface area contributed by atoms with Gasteiger partial charge in [0.15, 0.2) is 11.6 Å². The van der Waals surface area contributed by atoms with Crippen LogP contribution in [0.4, 0.5) is 13.2 Å². The Balaban J connectivity index is 2.16. The van der Waals surface area contributed by atoms with Crippen molar-refractivity contribution in [3.63, 3.8) is 0 Å². The zero-order valence-corrected chi connectivity index (χ0v) is 9.79. The van der Waals surface area contributed by atoms with Crippen molar-refractivity contribution in [1.29, 1.82) is 0 Å². The molecule has 1 amide bonds. The van der Waals surface area contributed by atoms with Crippen LogP contribution in [0.1, 0.15) is 43.1 Å². The first kappa shape index (κ1) is 11.6. The number of rotatable bonds is 0. The third kappa shape index (κ3) is 1.39. The van der Waals surface area contributed by atoms with Crippen LogP contribution in [0.2, 0.25) is 0 Å². The summed E-state index contributed by atoms with van der Waals surface area (Å²) in [6.45, 7) is 1.72. The van der Waals surface area contributed by atoms with Crippen LogP contribution in [0.25, 0.3) is 0 Å². The first-order valence-corrected chi connectivity index (χ1v) is 5.94. The Morgan fingerprint density at radius 2 is 1.83 bits per heavy atom. The van der Waals surface area contributed by atoms with Crippen molar-refractivity contribution in [1.82, 2.24) is 4.90 Å². The molecule has 3 atom stereocenters. The molecule has 0 spiro atoms. The van der Waals surface area contributed by atoms with Gasteiger partial charge in [0.2, 0.25) is 5.91 Å². The van der Waals surface area contributed by atoms with Crippen LogP contribution in [0.3, 0.4) is 0 Å². The van der Waals surface area contributed by atoms with E-state index in [1.54, 1.807) is 6.92 Å². The molecule has 18 heavy (non-hydrogen) atoms. The molecule has 2 nitrogen and oxygen atoms in total. The molecule has 2 heterocycles. The Kier molecular flexibility index (Phi) is 2.40. The van der Waals surface area contributed by atoms with E-state index in [1.807, 2.05) is 0 Å². The highest BCUT2D eigenvalue weighted by molar-refractivity contribution is 5.80. The molecule has 0 radical (unpaired) electrons. The lowest BCUT2D eigenvalue weighted by Gasteiger charge is -2.39. The van der Waals surface area contributed by atoms with Gasteiger partial charge in [-0.05, 0) is 36.6 Å². The van der Waals surface area contributed by atoms with Gasteiger partial charge in [-0.3, -0.25) is 4.79 Å². The summed E-state index contributed by atoms with van der Waals surface area (Å²) >= 11 is 0. The second kappa shape index (κ2) is 3.73. The topological polar surface area (TPSA) is 20.3 Å². The maximum atomic E-state index is 14.3. The summed E-state index contributed by atoms with van der Waals surface area (Å²) in [7, 11) is 0. The highest BCUT2D eigenvalue weighted by Gasteiger charge is 2.45. The Labute approximate surface area is 102 Å². The number of halogens is 3. The van der Waals surface area contributed by atoms with E-state index in [1.165, 1.54) is 4.90 Å². The summed E-state index contributed by atoms with van der Waals surface area (Å²) < 4.78 is 40.8. The summed E-state index contributed by atoms with van der Waals surface area (Å²) in [5.41, 5.74) is 0.547. The monoisotopic (exact) mass is 255 g/mol. The Bertz CT molecular complexity index is 531. The molecule has 0 saturated carbocycles. The van der Waals surface area contributed by atoms with Crippen LogP contribution in [-0.2, 0) is 4.79 Å². The fourth-order valence-electron chi connectivity index (χ4n) is 3.05.